The van der Waals surface area contributed by atoms with Crippen molar-refractivity contribution >= 4 is 11.1 Å². The van der Waals surface area contributed by atoms with E-state index in [4.69, 9.17) is 0 Å². The summed E-state index contributed by atoms with van der Waals surface area (Å²) in [6.45, 7) is 23.5. The molecule has 0 bridgehead atoms. The van der Waals surface area contributed by atoms with E-state index in [0.29, 0.717) is 35.7 Å². The average Bonchev–Trinajstić information content (AvgIpc) is 2.80. The van der Waals surface area contributed by atoms with Gasteiger partial charge in [0.05, 0.1) is 0 Å². The maximum atomic E-state index is 10.7. The third-order valence-corrected chi connectivity index (χ3v) is 7.29. The molecule has 0 aromatic heterocycles. The van der Waals surface area contributed by atoms with E-state index in [1.54, 1.807) is 0 Å². The Bertz CT molecular complexity index is 923. The minimum atomic E-state index is 0.355. The van der Waals surface area contributed by atoms with Crippen LogP contribution in [0.15, 0.2) is 36.4 Å². The summed E-state index contributed by atoms with van der Waals surface area (Å²) in [6, 6.07) is 13.7. The Morgan fingerprint density at radius 3 is 1.14 bits per heavy atom. The van der Waals surface area contributed by atoms with E-state index in [9.17, 15) is 10.2 Å². The van der Waals surface area contributed by atoms with Crippen molar-refractivity contribution in [3.63, 3.8) is 0 Å². The Labute approximate surface area is 220 Å². The van der Waals surface area contributed by atoms with Crippen molar-refractivity contribution in [2.45, 2.75) is 119 Å². The number of aromatic hydroxyl groups is 2. The van der Waals surface area contributed by atoms with Gasteiger partial charge < -0.3 is 10.2 Å². The SMILES string of the molecule is CC/C(=C(\CC)c1ccc(O)c(CN(C(C)C)C(C)C)c1)c1ccc(O)c(CN(C(C)C)C(C)C)c1. The van der Waals surface area contributed by atoms with Gasteiger partial charge in [-0.15, -0.1) is 0 Å². The maximum Gasteiger partial charge on any atom is 0.120 e. The summed E-state index contributed by atoms with van der Waals surface area (Å²) in [5.74, 6) is 0.709. The summed E-state index contributed by atoms with van der Waals surface area (Å²) >= 11 is 0. The fourth-order valence-corrected chi connectivity index (χ4v) is 5.30. The average molecular weight is 495 g/mol. The van der Waals surface area contributed by atoms with Gasteiger partial charge in [-0.2, -0.15) is 0 Å². The fraction of sp³-hybridized carbons (Fsp3) is 0.562. The molecule has 0 saturated heterocycles. The summed E-state index contributed by atoms with van der Waals surface area (Å²) in [4.78, 5) is 4.80. The van der Waals surface area contributed by atoms with Crippen molar-refractivity contribution in [1.29, 1.82) is 0 Å². The zero-order chi connectivity index (χ0) is 27.2. The van der Waals surface area contributed by atoms with Crippen molar-refractivity contribution in [2.24, 2.45) is 0 Å². The van der Waals surface area contributed by atoms with Gasteiger partial charge in [0.25, 0.3) is 0 Å². The van der Waals surface area contributed by atoms with Crippen LogP contribution in [0.2, 0.25) is 0 Å². The highest BCUT2D eigenvalue weighted by atomic mass is 16.3. The van der Waals surface area contributed by atoms with Crippen LogP contribution >= 0.6 is 0 Å². The topological polar surface area (TPSA) is 46.9 Å². The van der Waals surface area contributed by atoms with Crippen molar-refractivity contribution in [3.05, 3.63) is 58.7 Å². The van der Waals surface area contributed by atoms with E-state index in [1.165, 1.54) is 11.1 Å². The van der Waals surface area contributed by atoms with Gasteiger partial charge in [0.1, 0.15) is 11.5 Å². The summed E-state index contributed by atoms with van der Waals surface area (Å²) in [5, 5.41) is 21.4. The second-order valence-electron chi connectivity index (χ2n) is 11.1. The van der Waals surface area contributed by atoms with Gasteiger partial charge in [-0.25, -0.2) is 0 Å². The Morgan fingerprint density at radius 1 is 0.583 bits per heavy atom. The van der Waals surface area contributed by atoms with Crippen LogP contribution in [0.3, 0.4) is 0 Å². The predicted molar refractivity (Wildman–Crippen MR) is 155 cm³/mol. The first-order chi connectivity index (χ1) is 16.9. The quantitative estimate of drug-likeness (QED) is 0.293. The van der Waals surface area contributed by atoms with E-state index in [0.717, 1.165) is 48.2 Å². The molecule has 200 valence electrons. The molecule has 0 heterocycles. The minimum Gasteiger partial charge on any atom is -0.508 e. The normalized spacial score (nSPS) is 13.1. The smallest absolute Gasteiger partial charge is 0.120 e. The van der Waals surface area contributed by atoms with Gasteiger partial charge in [-0.05, 0) is 115 Å². The van der Waals surface area contributed by atoms with Gasteiger partial charge in [0.15, 0.2) is 0 Å². The van der Waals surface area contributed by atoms with E-state index in [2.05, 4.69) is 91.2 Å². The van der Waals surface area contributed by atoms with Crippen LogP contribution in [-0.2, 0) is 13.1 Å². The molecule has 2 aromatic rings. The molecule has 0 radical (unpaired) electrons. The summed E-state index contributed by atoms with van der Waals surface area (Å²) in [7, 11) is 0. The van der Waals surface area contributed by atoms with Crippen LogP contribution in [0, 0.1) is 0 Å². The lowest BCUT2D eigenvalue weighted by molar-refractivity contribution is 0.164. The molecule has 0 spiro atoms. The standard InChI is InChI=1S/C32H50N2O2/c1-11-29(25-13-15-31(35)27(17-25)19-33(21(3)4)22(5)6)30(12-2)26-14-16-32(36)28(18-26)20-34(23(7)8)24(9)10/h13-18,21-24,35-36H,11-12,19-20H2,1-10H3/b30-29-. The third-order valence-electron chi connectivity index (χ3n) is 7.29. The molecule has 0 aliphatic rings. The van der Waals surface area contributed by atoms with E-state index in [1.807, 2.05) is 24.3 Å². The Morgan fingerprint density at radius 2 is 0.889 bits per heavy atom. The molecule has 4 heteroatoms. The molecule has 2 aromatic carbocycles. The van der Waals surface area contributed by atoms with Crippen LogP contribution in [-0.4, -0.2) is 44.2 Å². The lowest BCUT2D eigenvalue weighted by atomic mass is 9.89. The largest absolute Gasteiger partial charge is 0.508 e. The van der Waals surface area contributed by atoms with Crippen LogP contribution in [0.25, 0.3) is 11.1 Å². The molecule has 0 fully saturated rings. The Balaban J connectivity index is 2.56. The highest BCUT2D eigenvalue weighted by Crippen LogP contribution is 2.36. The van der Waals surface area contributed by atoms with Gasteiger partial charge in [-0.3, -0.25) is 9.80 Å². The molecule has 0 atom stereocenters. The summed E-state index contributed by atoms with van der Waals surface area (Å²) in [6.07, 6.45) is 1.79. The third kappa shape index (κ3) is 7.36. The number of allylic oxidation sites excluding steroid dienone is 2. The second kappa shape index (κ2) is 13.3. The number of hydrogen-bond donors (Lipinski definition) is 2. The van der Waals surface area contributed by atoms with Crippen LogP contribution in [0.1, 0.15) is 104 Å². The molecule has 2 rings (SSSR count). The van der Waals surface area contributed by atoms with Crippen LogP contribution in [0.4, 0.5) is 0 Å². The van der Waals surface area contributed by atoms with Gasteiger partial charge in [0.2, 0.25) is 0 Å². The minimum absolute atomic E-state index is 0.355. The number of nitrogens with zero attached hydrogens (tertiary/aromatic N) is 2. The van der Waals surface area contributed by atoms with Crippen molar-refractivity contribution in [1.82, 2.24) is 9.80 Å². The van der Waals surface area contributed by atoms with E-state index >= 15 is 0 Å². The molecular weight excluding hydrogens is 444 g/mol. The summed E-state index contributed by atoms with van der Waals surface area (Å²) < 4.78 is 0. The van der Waals surface area contributed by atoms with Crippen molar-refractivity contribution in [3.8, 4) is 11.5 Å². The molecule has 4 nitrogen and oxygen atoms in total. The molecule has 0 aliphatic carbocycles. The zero-order valence-electron chi connectivity index (χ0n) is 24.4. The van der Waals surface area contributed by atoms with E-state index in [-0.39, 0.29) is 0 Å². The Kier molecular flexibility index (Phi) is 11.1. The zero-order valence-corrected chi connectivity index (χ0v) is 24.4. The molecule has 2 N–H and O–H groups in total. The van der Waals surface area contributed by atoms with Crippen LogP contribution in [0.5, 0.6) is 11.5 Å². The van der Waals surface area contributed by atoms with Gasteiger partial charge in [-0.1, -0.05) is 26.0 Å². The lowest BCUT2D eigenvalue weighted by Crippen LogP contribution is -2.36. The van der Waals surface area contributed by atoms with Gasteiger partial charge in [0, 0.05) is 48.4 Å². The molecule has 0 amide bonds. The van der Waals surface area contributed by atoms with Crippen molar-refractivity contribution < 1.29 is 10.2 Å². The number of phenolic OH excluding ortho intramolecular Hbond substituents is 2. The van der Waals surface area contributed by atoms with Crippen molar-refractivity contribution in [2.75, 3.05) is 0 Å². The molecule has 0 aliphatic heterocycles. The van der Waals surface area contributed by atoms with E-state index < -0.39 is 0 Å². The first-order valence-corrected chi connectivity index (χ1v) is 13.8. The highest BCUT2D eigenvalue weighted by Gasteiger charge is 2.19. The number of phenols is 2. The maximum absolute atomic E-state index is 10.7. The number of benzene rings is 2. The molecular formula is C32H50N2O2. The fourth-order valence-electron chi connectivity index (χ4n) is 5.30. The molecule has 36 heavy (non-hydrogen) atoms. The molecule has 0 unspecified atom stereocenters. The first kappa shape index (κ1) is 29.9. The molecule has 0 saturated carbocycles. The number of rotatable bonds is 12. The Hall–Kier alpha value is -2.30. The van der Waals surface area contributed by atoms with Crippen LogP contribution < -0.4 is 0 Å². The second-order valence-corrected chi connectivity index (χ2v) is 11.1. The monoisotopic (exact) mass is 494 g/mol. The highest BCUT2D eigenvalue weighted by molar-refractivity contribution is 5.91. The first-order valence-electron chi connectivity index (χ1n) is 13.8. The van der Waals surface area contributed by atoms with Gasteiger partial charge >= 0.3 is 0 Å². The predicted octanol–water partition coefficient (Wildman–Crippen LogP) is 8.07. The lowest BCUT2D eigenvalue weighted by Gasteiger charge is -2.31. The summed E-state index contributed by atoms with van der Waals surface area (Å²) in [5.41, 5.74) is 6.84. The number of hydrogen-bond acceptors (Lipinski definition) is 4.